The molecule has 9 nitrogen and oxygen atoms in total. The minimum absolute atomic E-state index is 0.145. The zero-order valence-electron chi connectivity index (χ0n) is 23.8. The summed E-state index contributed by atoms with van der Waals surface area (Å²) in [6, 6.07) is 11.2. The highest BCUT2D eigenvalue weighted by Gasteiger charge is 2.38. The van der Waals surface area contributed by atoms with Gasteiger partial charge in [0.25, 0.3) is 11.8 Å². The number of imide groups is 1. The van der Waals surface area contributed by atoms with Crippen LogP contribution in [0, 0.1) is 0 Å². The first kappa shape index (κ1) is 31.6. The van der Waals surface area contributed by atoms with Gasteiger partial charge in [-0.3, -0.25) is 24.5 Å². The van der Waals surface area contributed by atoms with E-state index in [1.54, 1.807) is 12.3 Å². The summed E-state index contributed by atoms with van der Waals surface area (Å²) in [5, 5.41) is 11.9. The Balaban J connectivity index is 0.000000480. The van der Waals surface area contributed by atoms with Gasteiger partial charge in [0.15, 0.2) is 0 Å². The number of thiophene rings is 1. The summed E-state index contributed by atoms with van der Waals surface area (Å²) in [7, 11) is 0. The molecule has 1 saturated heterocycles. The minimum atomic E-state index is -5.08. The number of fused-ring (bicyclic) bond motifs is 3. The van der Waals surface area contributed by atoms with Crippen LogP contribution in [-0.2, 0) is 17.9 Å². The van der Waals surface area contributed by atoms with E-state index < -0.39 is 17.8 Å². The van der Waals surface area contributed by atoms with Crippen LogP contribution in [0.2, 0.25) is 5.02 Å². The maximum Gasteiger partial charge on any atom is 0.490 e. The van der Waals surface area contributed by atoms with Crippen LogP contribution in [0.3, 0.4) is 0 Å². The number of alkyl halides is 4. The zero-order valence-corrected chi connectivity index (χ0v) is 25.3. The van der Waals surface area contributed by atoms with Crippen molar-refractivity contribution in [3.8, 4) is 11.1 Å². The summed E-state index contributed by atoms with van der Waals surface area (Å²) in [5.41, 5.74) is 2.92. The predicted molar refractivity (Wildman–Crippen MR) is 164 cm³/mol. The van der Waals surface area contributed by atoms with Crippen molar-refractivity contribution in [2.24, 2.45) is 0 Å². The molecule has 0 saturated carbocycles. The third kappa shape index (κ3) is 6.07. The first-order valence-electron chi connectivity index (χ1n) is 14.0. The van der Waals surface area contributed by atoms with Crippen LogP contribution in [0.1, 0.15) is 38.4 Å². The Bertz CT molecular complexity index is 1970. The third-order valence-corrected chi connectivity index (χ3v) is 9.22. The summed E-state index contributed by atoms with van der Waals surface area (Å²) < 4.78 is 50.4. The molecule has 0 radical (unpaired) electrons. The van der Waals surface area contributed by atoms with E-state index in [2.05, 4.69) is 15.3 Å². The van der Waals surface area contributed by atoms with Gasteiger partial charge < -0.3 is 15.0 Å². The van der Waals surface area contributed by atoms with Gasteiger partial charge in [0.1, 0.15) is 5.67 Å². The topological polar surface area (TPSA) is 117 Å². The largest absolute Gasteiger partial charge is 0.490 e. The molecule has 7 rings (SSSR count). The van der Waals surface area contributed by atoms with Crippen LogP contribution in [0.15, 0.2) is 61.2 Å². The molecule has 1 aromatic carbocycles. The molecular weight excluding hydrogens is 650 g/mol. The van der Waals surface area contributed by atoms with Gasteiger partial charge in [0.2, 0.25) is 0 Å². The second kappa shape index (κ2) is 12.1. The second-order valence-corrected chi connectivity index (χ2v) is 12.5. The van der Waals surface area contributed by atoms with Crippen molar-refractivity contribution < 1.29 is 37.1 Å². The number of hydrogen-bond donors (Lipinski definition) is 2. The number of nitrogens with one attached hydrogen (secondary N) is 1. The van der Waals surface area contributed by atoms with Crippen LogP contribution in [0.25, 0.3) is 32.2 Å². The second-order valence-electron chi connectivity index (χ2n) is 10.9. The van der Waals surface area contributed by atoms with Crippen LogP contribution in [0.5, 0.6) is 0 Å². The van der Waals surface area contributed by atoms with Crippen LogP contribution in [0.4, 0.5) is 17.6 Å². The number of amides is 2. The lowest BCUT2D eigenvalue weighted by Gasteiger charge is -2.31. The molecule has 0 bridgehead atoms. The molecule has 2 aliphatic rings. The Hall–Kier alpha value is -4.40. The quantitative estimate of drug-likeness (QED) is 0.162. The average molecular weight is 674 g/mol. The van der Waals surface area contributed by atoms with Gasteiger partial charge in [-0.1, -0.05) is 11.6 Å². The maximum atomic E-state index is 15.7. The molecule has 238 valence electrons. The van der Waals surface area contributed by atoms with Gasteiger partial charge in [-0.25, -0.2) is 9.18 Å². The normalized spacial score (nSPS) is 16.1. The molecule has 0 atom stereocenters. The van der Waals surface area contributed by atoms with Crippen molar-refractivity contribution in [3.05, 3.63) is 82.2 Å². The van der Waals surface area contributed by atoms with E-state index in [9.17, 15) is 22.8 Å². The number of carbonyl (C=O) groups is 3. The Morgan fingerprint density at radius 1 is 1.02 bits per heavy atom. The van der Waals surface area contributed by atoms with Crippen molar-refractivity contribution in [1.29, 1.82) is 0 Å². The molecule has 0 aliphatic carbocycles. The lowest BCUT2D eigenvalue weighted by atomic mass is 9.94. The number of halogens is 5. The van der Waals surface area contributed by atoms with E-state index in [4.69, 9.17) is 21.5 Å². The number of hydrogen-bond acceptors (Lipinski definition) is 7. The molecule has 1 fully saturated rings. The van der Waals surface area contributed by atoms with Crippen LogP contribution < -0.4 is 5.32 Å². The molecule has 15 heteroatoms. The number of rotatable bonds is 5. The highest BCUT2D eigenvalue weighted by Crippen LogP contribution is 2.40. The Morgan fingerprint density at radius 2 is 1.72 bits per heavy atom. The first-order valence-corrected chi connectivity index (χ1v) is 15.2. The number of nitrogens with zero attached hydrogens (tertiary/aromatic N) is 4. The molecule has 46 heavy (non-hydrogen) atoms. The standard InChI is InChI=1S/C29H23ClFN5O2S.C2HF3O2/c30-18-11-17-3-10-35(16-29(31)4-8-32-9-5-29)25(17)22(12-18)20-2-7-34-24-13-19(39-26(20)24)15-36-27(37)21-1-6-33-14-23(21)28(36)38;3-2(4,5)1(6)7/h1-3,6-7,10-14,32H,4-5,8-9,15-16H2;(H,6,7). The number of piperidine rings is 1. The van der Waals surface area contributed by atoms with Gasteiger partial charge in [-0.2, -0.15) is 13.2 Å². The Kier molecular flexibility index (Phi) is 8.29. The molecule has 5 aromatic rings. The van der Waals surface area contributed by atoms with Crippen molar-refractivity contribution in [2.75, 3.05) is 13.1 Å². The maximum absolute atomic E-state index is 15.7. The van der Waals surface area contributed by atoms with Gasteiger partial charge in [-0.15, -0.1) is 11.3 Å². The predicted octanol–water partition coefficient (Wildman–Crippen LogP) is 6.49. The zero-order chi connectivity index (χ0) is 32.8. The van der Waals surface area contributed by atoms with Gasteiger partial charge in [-0.05, 0) is 62.3 Å². The van der Waals surface area contributed by atoms with Crippen molar-refractivity contribution >= 4 is 61.8 Å². The summed E-state index contributed by atoms with van der Waals surface area (Å²) in [4.78, 5) is 45.3. The van der Waals surface area contributed by atoms with E-state index in [-0.39, 0.29) is 24.9 Å². The fourth-order valence-electron chi connectivity index (χ4n) is 5.70. The fourth-order valence-corrected chi connectivity index (χ4v) is 7.06. The molecule has 2 amide bonds. The SMILES string of the molecule is O=C(O)C(F)(F)F.O=C1c2ccncc2C(=O)N1Cc1cc2nccc(-c3cc(Cl)cc4ccn(CC5(F)CCNCC5)c34)c2s1. The highest BCUT2D eigenvalue weighted by molar-refractivity contribution is 7.19. The monoisotopic (exact) mass is 673 g/mol. The Labute approximate surface area is 267 Å². The summed E-state index contributed by atoms with van der Waals surface area (Å²) in [5.74, 6) is -3.43. The molecule has 4 aromatic heterocycles. The van der Waals surface area contributed by atoms with E-state index in [0.29, 0.717) is 42.1 Å². The van der Waals surface area contributed by atoms with Gasteiger partial charge in [0, 0.05) is 51.2 Å². The molecular formula is C31H24ClF4N5O4S. The third-order valence-electron chi connectivity index (χ3n) is 7.86. The number of aliphatic carboxylic acids is 1. The van der Waals surface area contributed by atoms with Crippen LogP contribution in [-0.4, -0.2) is 67.3 Å². The van der Waals surface area contributed by atoms with E-state index in [1.807, 2.05) is 41.1 Å². The number of benzene rings is 1. The fraction of sp³-hybridized carbons (Fsp3) is 0.258. The number of carbonyl (C=O) groups excluding carboxylic acids is 2. The number of aromatic nitrogens is 3. The lowest BCUT2D eigenvalue weighted by Crippen LogP contribution is -2.41. The minimum Gasteiger partial charge on any atom is -0.475 e. The molecule has 0 unspecified atom stereocenters. The lowest BCUT2D eigenvalue weighted by molar-refractivity contribution is -0.192. The van der Waals surface area contributed by atoms with Crippen molar-refractivity contribution in [1.82, 2.24) is 24.8 Å². The molecule has 2 aliphatic heterocycles. The van der Waals surface area contributed by atoms with Crippen LogP contribution >= 0.6 is 22.9 Å². The van der Waals surface area contributed by atoms with Crippen molar-refractivity contribution in [3.63, 3.8) is 0 Å². The summed E-state index contributed by atoms with van der Waals surface area (Å²) in [6.45, 7) is 1.75. The summed E-state index contributed by atoms with van der Waals surface area (Å²) in [6.07, 6.45) is 2.48. The van der Waals surface area contributed by atoms with Gasteiger partial charge >= 0.3 is 12.1 Å². The van der Waals surface area contributed by atoms with Crippen molar-refractivity contribution in [2.45, 2.75) is 37.8 Å². The highest BCUT2D eigenvalue weighted by atomic mass is 35.5. The number of pyridine rings is 2. The molecule has 0 spiro atoms. The van der Waals surface area contributed by atoms with Gasteiger partial charge in [0.05, 0.1) is 39.9 Å². The number of carboxylic acid groups (broad SMARTS) is 1. The number of carboxylic acids is 1. The van der Waals surface area contributed by atoms with E-state index in [1.165, 1.54) is 28.6 Å². The van der Waals surface area contributed by atoms with E-state index >= 15 is 4.39 Å². The average Bonchev–Trinajstić information content (AvgIpc) is 3.68. The molecule has 2 N–H and O–H groups in total. The molecule has 6 heterocycles. The first-order chi connectivity index (χ1) is 21.8. The van der Waals surface area contributed by atoms with E-state index in [0.717, 1.165) is 37.1 Å². The Morgan fingerprint density at radius 3 is 2.41 bits per heavy atom. The summed E-state index contributed by atoms with van der Waals surface area (Å²) >= 11 is 8.04. The smallest absolute Gasteiger partial charge is 0.475 e.